The number of nitrogens with zero attached hydrogens (tertiary/aromatic N) is 1. The predicted octanol–water partition coefficient (Wildman–Crippen LogP) is 1.70. The second-order valence-electron chi connectivity index (χ2n) is 4.30. The van der Waals surface area contributed by atoms with Gasteiger partial charge in [0, 0.05) is 13.2 Å². The van der Waals surface area contributed by atoms with Gasteiger partial charge in [-0.15, -0.1) is 0 Å². The molecule has 1 heterocycles. The Morgan fingerprint density at radius 1 is 1.29 bits per heavy atom. The van der Waals surface area contributed by atoms with Crippen molar-refractivity contribution in [3.63, 3.8) is 0 Å². The van der Waals surface area contributed by atoms with Gasteiger partial charge in [0.2, 0.25) is 0 Å². The Kier molecular flexibility index (Phi) is 2.63. The van der Waals surface area contributed by atoms with Crippen LogP contribution in [0.1, 0.15) is 32.1 Å². The van der Waals surface area contributed by atoms with Crippen LogP contribution in [0, 0.1) is 0 Å². The summed E-state index contributed by atoms with van der Waals surface area (Å²) in [5.41, 5.74) is -0.108. The largest absolute Gasteiger partial charge is 0.465 e. The summed E-state index contributed by atoms with van der Waals surface area (Å²) in [6.07, 6.45) is 4.34. The lowest BCUT2D eigenvalue weighted by Gasteiger charge is -2.23. The maximum absolute atomic E-state index is 10.9. The van der Waals surface area contributed by atoms with Gasteiger partial charge in [0.05, 0.1) is 12.1 Å². The van der Waals surface area contributed by atoms with Crippen LogP contribution in [-0.4, -0.2) is 41.4 Å². The molecule has 14 heavy (non-hydrogen) atoms. The summed E-state index contributed by atoms with van der Waals surface area (Å²) in [6.45, 7) is 2.04. The average molecular weight is 199 g/mol. The Bertz CT molecular complexity index is 225. The van der Waals surface area contributed by atoms with Gasteiger partial charge < -0.3 is 14.7 Å². The summed E-state index contributed by atoms with van der Waals surface area (Å²) in [5.74, 6) is 0. The summed E-state index contributed by atoms with van der Waals surface area (Å²) >= 11 is 0. The van der Waals surface area contributed by atoms with Gasteiger partial charge in [-0.05, 0) is 32.1 Å². The van der Waals surface area contributed by atoms with Crippen molar-refractivity contribution >= 4 is 6.09 Å². The average Bonchev–Trinajstić information content (AvgIpc) is 2.84. The van der Waals surface area contributed by atoms with E-state index in [1.54, 1.807) is 0 Å². The van der Waals surface area contributed by atoms with Crippen LogP contribution in [0.5, 0.6) is 0 Å². The molecule has 0 bridgehead atoms. The Morgan fingerprint density at radius 3 is 2.71 bits per heavy atom. The van der Waals surface area contributed by atoms with Crippen LogP contribution in [-0.2, 0) is 4.74 Å². The molecule has 1 spiro atoms. The second-order valence-corrected chi connectivity index (χ2v) is 4.30. The molecule has 2 aliphatic rings. The first-order chi connectivity index (χ1) is 6.72. The minimum atomic E-state index is -0.804. The predicted molar refractivity (Wildman–Crippen MR) is 51.4 cm³/mol. The molecule has 0 aromatic rings. The lowest BCUT2D eigenvalue weighted by Crippen LogP contribution is -2.39. The van der Waals surface area contributed by atoms with E-state index in [4.69, 9.17) is 9.84 Å². The smallest absolute Gasteiger partial charge is 0.407 e. The molecule has 0 aromatic carbocycles. The molecule has 0 unspecified atom stereocenters. The molecule has 0 atom stereocenters. The zero-order chi connectivity index (χ0) is 10.0. The van der Waals surface area contributed by atoms with Crippen molar-refractivity contribution in [3.8, 4) is 0 Å². The minimum Gasteiger partial charge on any atom is -0.465 e. The number of amides is 1. The molecular weight excluding hydrogens is 182 g/mol. The van der Waals surface area contributed by atoms with Gasteiger partial charge in [0.15, 0.2) is 0 Å². The fourth-order valence-electron chi connectivity index (χ4n) is 1.95. The van der Waals surface area contributed by atoms with E-state index < -0.39 is 6.09 Å². The fourth-order valence-corrected chi connectivity index (χ4v) is 1.95. The molecule has 1 aliphatic heterocycles. The van der Waals surface area contributed by atoms with Gasteiger partial charge >= 0.3 is 6.09 Å². The summed E-state index contributed by atoms with van der Waals surface area (Å²) in [7, 11) is 0. The van der Waals surface area contributed by atoms with Crippen LogP contribution in [0.15, 0.2) is 0 Å². The molecular formula is C10H17NO3. The van der Waals surface area contributed by atoms with Crippen molar-refractivity contribution in [2.24, 2.45) is 0 Å². The molecule has 4 heteroatoms. The number of rotatable bonds is 0. The van der Waals surface area contributed by atoms with E-state index in [9.17, 15) is 4.79 Å². The SMILES string of the molecule is O=C(O)N1CCCCCOC2(CC2)C1. The zero-order valence-corrected chi connectivity index (χ0v) is 8.37. The molecule has 80 valence electrons. The molecule has 0 aromatic heterocycles. The molecule has 1 saturated carbocycles. The third-order valence-electron chi connectivity index (χ3n) is 3.04. The Balaban J connectivity index is 1.98. The molecule has 0 radical (unpaired) electrons. The Morgan fingerprint density at radius 2 is 2.07 bits per heavy atom. The molecule has 1 saturated heterocycles. The summed E-state index contributed by atoms with van der Waals surface area (Å²) < 4.78 is 5.74. The molecule has 2 rings (SSSR count). The lowest BCUT2D eigenvalue weighted by atomic mass is 10.2. The van der Waals surface area contributed by atoms with E-state index in [1.807, 2.05) is 0 Å². The van der Waals surface area contributed by atoms with E-state index in [0.717, 1.165) is 38.7 Å². The van der Waals surface area contributed by atoms with Crippen LogP contribution < -0.4 is 0 Å². The minimum absolute atomic E-state index is 0.108. The first kappa shape index (κ1) is 9.77. The van der Waals surface area contributed by atoms with Crippen molar-refractivity contribution in [2.45, 2.75) is 37.7 Å². The van der Waals surface area contributed by atoms with Gasteiger partial charge in [-0.2, -0.15) is 0 Å². The molecule has 1 N–H and O–H groups in total. The van der Waals surface area contributed by atoms with Crippen LogP contribution in [0.3, 0.4) is 0 Å². The second kappa shape index (κ2) is 3.77. The van der Waals surface area contributed by atoms with Crippen molar-refractivity contribution in [3.05, 3.63) is 0 Å². The highest BCUT2D eigenvalue weighted by Gasteiger charge is 2.46. The monoisotopic (exact) mass is 199 g/mol. The maximum atomic E-state index is 10.9. The highest BCUT2D eigenvalue weighted by atomic mass is 16.5. The summed E-state index contributed by atoms with van der Waals surface area (Å²) in [4.78, 5) is 12.4. The van der Waals surface area contributed by atoms with Crippen molar-refractivity contribution < 1.29 is 14.6 Å². The summed E-state index contributed by atoms with van der Waals surface area (Å²) in [5, 5.41) is 8.98. The van der Waals surface area contributed by atoms with Gasteiger partial charge in [-0.1, -0.05) is 0 Å². The summed E-state index contributed by atoms with van der Waals surface area (Å²) in [6, 6.07) is 0. The zero-order valence-electron chi connectivity index (χ0n) is 8.37. The molecule has 4 nitrogen and oxygen atoms in total. The third-order valence-corrected chi connectivity index (χ3v) is 3.04. The van der Waals surface area contributed by atoms with Gasteiger partial charge in [-0.3, -0.25) is 0 Å². The van der Waals surface area contributed by atoms with Crippen LogP contribution in [0.2, 0.25) is 0 Å². The quantitative estimate of drug-likeness (QED) is 0.646. The number of hydrogen-bond acceptors (Lipinski definition) is 2. The van der Waals surface area contributed by atoms with E-state index in [2.05, 4.69) is 0 Å². The number of ether oxygens (including phenoxy) is 1. The third kappa shape index (κ3) is 2.18. The van der Waals surface area contributed by atoms with E-state index >= 15 is 0 Å². The fraction of sp³-hybridized carbons (Fsp3) is 0.900. The first-order valence-electron chi connectivity index (χ1n) is 5.34. The highest BCUT2D eigenvalue weighted by Crippen LogP contribution is 2.40. The van der Waals surface area contributed by atoms with E-state index in [1.165, 1.54) is 4.90 Å². The lowest BCUT2D eigenvalue weighted by molar-refractivity contribution is 0.0129. The molecule has 1 amide bonds. The van der Waals surface area contributed by atoms with Crippen molar-refractivity contribution in [1.82, 2.24) is 4.90 Å². The Labute approximate surface area is 83.8 Å². The van der Waals surface area contributed by atoms with Crippen LogP contribution in [0.4, 0.5) is 4.79 Å². The van der Waals surface area contributed by atoms with Gasteiger partial charge in [-0.25, -0.2) is 4.79 Å². The van der Waals surface area contributed by atoms with Crippen LogP contribution in [0.25, 0.3) is 0 Å². The first-order valence-corrected chi connectivity index (χ1v) is 5.34. The van der Waals surface area contributed by atoms with E-state index in [0.29, 0.717) is 13.1 Å². The standard InChI is InChI=1S/C10H17NO3/c12-9(13)11-6-2-1-3-7-14-10(8-11)4-5-10/h1-8H2,(H,12,13). The van der Waals surface area contributed by atoms with Crippen molar-refractivity contribution in [1.29, 1.82) is 0 Å². The van der Waals surface area contributed by atoms with Crippen molar-refractivity contribution in [2.75, 3.05) is 19.7 Å². The topological polar surface area (TPSA) is 49.8 Å². The van der Waals surface area contributed by atoms with Gasteiger partial charge in [0.25, 0.3) is 0 Å². The molecule has 2 fully saturated rings. The number of hydrogen-bond donors (Lipinski definition) is 1. The number of carboxylic acid groups (broad SMARTS) is 1. The Hall–Kier alpha value is -0.770. The van der Waals surface area contributed by atoms with Crippen LogP contribution >= 0.6 is 0 Å². The maximum Gasteiger partial charge on any atom is 0.407 e. The normalized spacial score (nSPS) is 26.4. The van der Waals surface area contributed by atoms with Gasteiger partial charge in [0.1, 0.15) is 0 Å². The highest BCUT2D eigenvalue weighted by molar-refractivity contribution is 5.65. The van der Waals surface area contributed by atoms with E-state index in [-0.39, 0.29) is 5.60 Å². The molecule has 1 aliphatic carbocycles. The number of carbonyl (C=O) groups is 1.